The van der Waals surface area contributed by atoms with Crippen LogP contribution in [0.1, 0.15) is 29.0 Å². The van der Waals surface area contributed by atoms with Crippen LogP contribution in [0.4, 0.5) is 0 Å². The average molecular weight is 357 g/mol. The number of carbonyl (C=O) groups excluding carboxylic acids is 1. The second-order valence-corrected chi connectivity index (χ2v) is 6.15. The SMILES string of the molecule is COC(=O)c1cccc(-n2c([C@H](C)N)cc3cccc(Cl)c3c2=O)c1. The number of aromatic nitrogens is 1. The highest BCUT2D eigenvalue weighted by atomic mass is 35.5. The Bertz CT molecular complexity index is 1020. The number of fused-ring (bicyclic) bond motifs is 1. The Kier molecular flexibility index (Phi) is 4.61. The molecule has 0 unspecified atom stereocenters. The van der Waals surface area contributed by atoms with Crippen LogP contribution in [0.15, 0.2) is 53.3 Å². The number of halogens is 1. The van der Waals surface area contributed by atoms with Crippen molar-refractivity contribution in [1.29, 1.82) is 0 Å². The zero-order valence-corrected chi connectivity index (χ0v) is 14.6. The molecule has 6 heteroatoms. The predicted octanol–water partition coefficient (Wildman–Crippen LogP) is 3.45. The van der Waals surface area contributed by atoms with Gasteiger partial charge in [0.25, 0.3) is 5.56 Å². The summed E-state index contributed by atoms with van der Waals surface area (Å²) in [6, 6.07) is 13.4. The number of methoxy groups -OCH3 is 1. The molecule has 25 heavy (non-hydrogen) atoms. The van der Waals surface area contributed by atoms with Crippen LogP contribution in [0.5, 0.6) is 0 Å². The van der Waals surface area contributed by atoms with E-state index in [4.69, 9.17) is 22.1 Å². The number of hydrogen-bond acceptors (Lipinski definition) is 4. The normalized spacial score (nSPS) is 12.2. The first-order chi connectivity index (χ1) is 11.9. The van der Waals surface area contributed by atoms with E-state index in [0.717, 1.165) is 5.39 Å². The molecular weight excluding hydrogens is 340 g/mol. The van der Waals surface area contributed by atoms with Gasteiger partial charge in [0.15, 0.2) is 0 Å². The van der Waals surface area contributed by atoms with Gasteiger partial charge in [0, 0.05) is 17.4 Å². The minimum absolute atomic E-state index is 0.280. The number of rotatable bonds is 3. The van der Waals surface area contributed by atoms with Crippen LogP contribution >= 0.6 is 11.6 Å². The van der Waals surface area contributed by atoms with Gasteiger partial charge in [-0.25, -0.2) is 4.79 Å². The van der Waals surface area contributed by atoms with Gasteiger partial charge < -0.3 is 10.5 Å². The Morgan fingerprint density at radius 1 is 1.20 bits per heavy atom. The molecule has 128 valence electrons. The van der Waals surface area contributed by atoms with Crippen molar-refractivity contribution in [1.82, 2.24) is 4.57 Å². The van der Waals surface area contributed by atoms with Crippen molar-refractivity contribution in [3.05, 3.63) is 75.2 Å². The molecule has 0 aliphatic rings. The minimum Gasteiger partial charge on any atom is -0.465 e. The van der Waals surface area contributed by atoms with Gasteiger partial charge in [-0.15, -0.1) is 0 Å². The maximum absolute atomic E-state index is 13.1. The van der Waals surface area contributed by atoms with Crippen molar-refractivity contribution in [2.45, 2.75) is 13.0 Å². The first-order valence-corrected chi connectivity index (χ1v) is 8.10. The molecule has 5 nitrogen and oxygen atoms in total. The van der Waals surface area contributed by atoms with E-state index < -0.39 is 12.0 Å². The minimum atomic E-state index is -0.476. The second kappa shape index (κ2) is 6.70. The van der Waals surface area contributed by atoms with Gasteiger partial charge in [-0.1, -0.05) is 29.8 Å². The summed E-state index contributed by atoms with van der Waals surface area (Å²) in [4.78, 5) is 24.9. The van der Waals surface area contributed by atoms with Gasteiger partial charge in [0.2, 0.25) is 0 Å². The summed E-state index contributed by atoms with van der Waals surface area (Å²) in [6.45, 7) is 1.80. The summed E-state index contributed by atoms with van der Waals surface area (Å²) in [5.41, 5.74) is 7.31. The molecule has 0 spiro atoms. The molecule has 0 aliphatic heterocycles. The number of ether oxygens (including phenoxy) is 1. The third-order valence-corrected chi connectivity index (χ3v) is 4.33. The third kappa shape index (κ3) is 3.04. The van der Waals surface area contributed by atoms with Crippen LogP contribution in [0.25, 0.3) is 16.5 Å². The highest BCUT2D eigenvalue weighted by molar-refractivity contribution is 6.35. The lowest BCUT2D eigenvalue weighted by Gasteiger charge is -2.18. The molecule has 0 amide bonds. The molecule has 0 radical (unpaired) electrons. The van der Waals surface area contributed by atoms with E-state index in [-0.39, 0.29) is 5.56 Å². The van der Waals surface area contributed by atoms with Gasteiger partial charge in [0.1, 0.15) is 0 Å². The third-order valence-electron chi connectivity index (χ3n) is 4.02. The Labute approximate surface area is 149 Å². The Morgan fingerprint density at radius 3 is 2.60 bits per heavy atom. The zero-order chi connectivity index (χ0) is 18.1. The summed E-state index contributed by atoms with van der Waals surface area (Å²) >= 11 is 6.24. The molecule has 0 bridgehead atoms. The molecule has 0 saturated heterocycles. The molecular formula is C19H17ClN2O3. The molecule has 0 aliphatic carbocycles. The van der Waals surface area contributed by atoms with Crippen LogP contribution < -0.4 is 11.3 Å². The number of benzene rings is 2. The maximum Gasteiger partial charge on any atom is 0.337 e. The Hall–Kier alpha value is -2.63. The first kappa shape index (κ1) is 17.2. The van der Waals surface area contributed by atoms with E-state index in [1.807, 2.05) is 12.1 Å². The number of hydrogen-bond donors (Lipinski definition) is 1. The van der Waals surface area contributed by atoms with Crippen molar-refractivity contribution < 1.29 is 9.53 Å². The molecule has 1 aromatic heterocycles. The highest BCUT2D eigenvalue weighted by Gasteiger charge is 2.16. The number of pyridine rings is 1. The Balaban J connectivity index is 2.37. The lowest BCUT2D eigenvalue weighted by molar-refractivity contribution is 0.0600. The van der Waals surface area contributed by atoms with E-state index in [1.54, 1.807) is 43.3 Å². The van der Waals surface area contributed by atoms with Crippen LogP contribution in [0.3, 0.4) is 0 Å². The van der Waals surface area contributed by atoms with Gasteiger partial charge >= 0.3 is 5.97 Å². The molecule has 0 fully saturated rings. The van der Waals surface area contributed by atoms with Gasteiger partial charge in [-0.05, 0) is 42.6 Å². The summed E-state index contributed by atoms with van der Waals surface area (Å²) in [6.07, 6.45) is 0. The smallest absolute Gasteiger partial charge is 0.337 e. The number of nitrogens with zero attached hydrogens (tertiary/aromatic N) is 1. The lowest BCUT2D eigenvalue weighted by Crippen LogP contribution is -2.26. The Morgan fingerprint density at radius 2 is 1.92 bits per heavy atom. The molecule has 1 atom stereocenters. The van der Waals surface area contributed by atoms with Crippen LogP contribution in [0, 0.1) is 0 Å². The summed E-state index contributed by atoms with van der Waals surface area (Å²) in [7, 11) is 1.31. The van der Waals surface area contributed by atoms with Crippen molar-refractivity contribution in [3.8, 4) is 5.69 Å². The molecule has 3 aromatic rings. The van der Waals surface area contributed by atoms with Crippen LogP contribution in [0.2, 0.25) is 5.02 Å². The zero-order valence-electron chi connectivity index (χ0n) is 13.8. The quantitative estimate of drug-likeness (QED) is 0.729. The van der Waals surface area contributed by atoms with Crippen LogP contribution in [-0.2, 0) is 4.74 Å². The summed E-state index contributed by atoms with van der Waals surface area (Å²) < 4.78 is 6.24. The average Bonchev–Trinajstić information content (AvgIpc) is 2.60. The highest BCUT2D eigenvalue weighted by Crippen LogP contribution is 2.25. The van der Waals surface area contributed by atoms with Crippen molar-refractivity contribution >= 4 is 28.3 Å². The van der Waals surface area contributed by atoms with Crippen LogP contribution in [-0.4, -0.2) is 17.6 Å². The topological polar surface area (TPSA) is 74.3 Å². The summed E-state index contributed by atoms with van der Waals surface area (Å²) in [5, 5.41) is 1.51. The van der Waals surface area contributed by atoms with Gasteiger partial charge in [0.05, 0.1) is 23.1 Å². The van der Waals surface area contributed by atoms with E-state index in [0.29, 0.717) is 27.4 Å². The molecule has 3 rings (SSSR count). The van der Waals surface area contributed by atoms with E-state index in [9.17, 15) is 9.59 Å². The second-order valence-electron chi connectivity index (χ2n) is 5.74. The van der Waals surface area contributed by atoms with Crippen molar-refractivity contribution in [3.63, 3.8) is 0 Å². The molecule has 1 heterocycles. The number of esters is 1. The molecule has 2 aromatic carbocycles. The maximum atomic E-state index is 13.1. The number of carbonyl (C=O) groups is 1. The largest absolute Gasteiger partial charge is 0.465 e. The van der Waals surface area contributed by atoms with Gasteiger partial charge in [-0.2, -0.15) is 0 Å². The monoisotopic (exact) mass is 356 g/mol. The fourth-order valence-electron chi connectivity index (χ4n) is 2.83. The first-order valence-electron chi connectivity index (χ1n) is 7.72. The lowest BCUT2D eigenvalue weighted by atomic mass is 10.1. The fraction of sp³-hybridized carbons (Fsp3) is 0.158. The van der Waals surface area contributed by atoms with Crippen molar-refractivity contribution in [2.24, 2.45) is 5.73 Å². The molecule has 0 saturated carbocycles. The predicted molar refractivity (Wildman–Crippen MR) is 98.5 cm³/mol. The number of nitrogens with two attached hydrogens (primary N) is 1. The van der Waals surface area contributed by atoms with Crippen molar-refractivity contribution in [2.75, 3.05) is 7.11 Å². The van der Waals surface area contributed by atoms with E-state index in [2.05, 4.69) is 0 Å². The summed E-state index contributed by atoms with van der Waals surface area (Å²) in [5.74, 6) is -0.476. The van der Waals surface area contributed by atoms with E-state index >= 15 is 0 Å². The van der Waals surface area contributed by atoms with E-state index in [1.165, 1.54) is 11.7 Å². The molecule has 2 N–H and O–H groups in total. The standard InChI is InChI=1S/C19H17ClN2O3/c1-11(21)16-10-12-5-4-8-15(20)17(12)18(23)22(16)14-7-3-6-13(9-14)19(24)25-2/h3-11H,21H2,1-2H3/t11-/m0/s1. The van der Waals surface area contributed by atoms with Gasteiger partial charge in [-0.3, -0.25) is 9.36 Å². The fourth-order valence-corrected chi connectivity index (χ4v) is 3.09.